The molecule has 0 spiro atoms. The molecule has 0 aromatic heterocycles. The fraction of sp³-hybridized carbons (Fsp3) is 0.786. The number of hydrazine groups is 1. The first-order chi connectivity index (χ1) is 12.3. The topological polar surface area (TPSA) is 131 Å². The summed E-state index contributed by atoms with van der Waals surface area (Å²) in [6.45, 7) is 3.37. The summed E-state index contributed by atoms with van der Waals surface area (Å²) in [7, 11) is -5.29. The van der Waals surface area contributed by atoms with Crippen molar-refractivity contribution in [3.05, 3.63) is 0 Å². The van der Waals surface area contributed by atoms with Crippen molar-refractivity contribution in [1.82, 2.24) is 10.0 Å². The number of carboxylic acid groups (broad SMARTS) is 1. The SMILES string of the molecule is CCO[P+](=O)[C@H]1CCC(=O)N2CCC[C@@](C(=O)O)([P+](=O)OCC)N2C1=O. The minimum Gasteiger partial charge on any atom is -0.476 e. The van der Waals surface area contributed by atoms with E-state index in [-0.39, 0.29) is 45.4 Å². The van der Waals surface area contributed by atoms with Crippen molar-refractivity contribution in [1.29, 1.82) is 0 Å². The third-order valence-electron chi connectivity index (χ3n) is 4.30. The normalized spacial score (nSPS) is 27.7. The summed E-state index contributed by atoms with van der Waals surface area (Å²) in [4.78, 5) is 37.7. The van der Waals surface area contributed by atoms with Gasteiger partial charge in [-0.25, -0.2) is 9.80 Å². The van der Waals surface area contributed by atoms with Gasteiger partial charge in [-0.1, -0.05) is 0 Å². The zero-order valence-corrected chi connectivity index (χ0v) is 16.4. The number of carboxylic acids is 1. The largest absolute Gasteiger partial charge is 0.551 e. The van der Waals surface area contributed by atoms with Crippen LogP contribution in [0.25, 0.3) is 0 Å². The highest BCUT2D eigenvalue weighted by Crippen LogP contribution is 2.51. The van der Waals surface area contributed by atoms with Crippen LogP contribution in [0.4, 0.5) is 0 Å². The molecule has 0 bridgehead atoms. The van der Waals surface area contributed by atoms with Crippen LogP contribution < -0.4 is 0 Å². The number of carbonyl (C=O) groups excluding carboxylic acids is 2. The molecular weight excluding hydrogens is 386 g/mol. The molecule has 2 aliphatic rings. The van der Waals surface area contributed by atoms with E-state index in [1.165, 1.54) is 0 Å². The molecule has 2 aliphatic heterocycles. The van der Waals surface area contributed by atoms with Crippen molar-refractivity contribution in [2.24, 2.45) is 0 Å². The summed E-state index contributed by atoms with van der Waals surface area (Å²) in [6.07, 6.45) is 0.00653. The van der Waals surface area contributed by atoms with Crippen LogP contribution in [0.5, 0.6) is 0 Å². The standard InChI is InChI=1S/C14H21N2O8P2/c1-3-23-25(21)10-6-7-11(17)15-9-5-8-14(13(19)20,16(15)12(10)18)26(22)24-4-2/h10H,3-9H2,1-2H3/q+1/p+1/t10-,14-/m0/s1. The van der Waals surface area contributed by atoms with E-state index in [1.807, 2.05) is 0 Å². The lowest BCUT2D eigenvalue weighted by Crippen LogP contribution is -2.66. The Hall–Kier alpha value is -1.47. The monoisotopic (exact) mass is 408 g/mol. The molecule has 12 heteroatoms. The Labute approximate surface area is 152 Å². The second kappa shape index (κ2) is 8.48. The fourth-order valence-electron chi connectivity index (χ4n) is 3.15. The van der Waals surface area contributed by atoms with E-state index in [0.29, 0.717) is 0 Å². The van der Waals surface area contributed by atoms with Gasteiger partial charge in [0, 0.05) is 25.8 Å². The lowest BCUT2D eigenvalue weighted by molar-refractivity contribution is -0.185. The van der Waals surface area contributed by atoms with E-state index >= 15 is 0 Å². The van der Waals surface area contributed by atoms with Crippen molar-refractivity contribution < 1.29 is 37.7 Å². The number of hydrogen-bond donors (Lipinski definition) is 1. The van der Waals surface area contributed by atoms with Crippen molar-refractivity contribution in [3.63, 3.8) is 0 Å². The molecule has 2 fully saturated rings. The Balaban J connectivity index is 2.55. The maximum atomic E-state index is 13.1. The van der Waals surface area contributed by atoms with Gasteiger partial charge >= 0.3 is 33.2 Å². The molecule has 144 valence electrons. The van der Waals surface area contributed by atoms with Gasteiger partial charge in [0.25, 0.3) is 5.66 Å². The van der Waals surface area contributed by atoms with Crippen LogP contribution in [0.2, 0.25) is 0 Å². The number of nitrogens with zero attached hydrogens (tertiary/aromatic N) is 2. The van der Waals surface area contributed by atoms with Crippen molar-refractivity contribution >= 4 is 33.8 Å². The van der Waals surface area contributed by atoms with E-state index in [2.05, 4.69) is 0 Å². The predicted molar refractivity (Wildman–Crippen MR) is 89.6 cm³/mol. The molecular formula is C14H22N2O8P2+2. The highest BCUT2D eigenvalue weighted by Gasteiger charge is 2.71. The Morgan fingerprint density at radius 1 is 1.27 bits per heavy atom. The number of fused-ring (bicyclic) bond motifs is 1. The van der Waals surface area contributed by atoms with Gasteiger partial charge in [0.15, 0.2) is 0 Å². The average Bonchev–Trinajstić information content (AvgIpc) is 2.72. The molecule has 4 atom stereocenters. The Morgan fingerprint density at radius 2 is 1.92 bits per heavy atom. The number of carbonyl (C=O) groups is 3. The summed E-state index contributed by atoms with van der Waals surface area (Å²) in [5.41, 5.74) is -1.18. The molecule has 0 saturated carbocycles. The van der Waals surface area contributed by atoms with Crippen LogP contribution in [0.3, 0.4) is 0 Å². The molecule has 26 heavy (non-hydrogen) atoms. The second-order valence-corrected chi connectivity index (χ2v) is 8.79. The summed E-state index contributed by atoms with van der Waals surface area (Å²) in [5, 5.41) is 9.38. The minimum atomic E-state index is -2.84. The number of hydrogen-bond acceptors (Lipinski definition) is 7. The molecule has 10 nitrogen and oxygen atoms in total. The van der Waals surface area contributed by atoms with Gasteiger partial charge in [-0.2, -0.15) is 5.01 Å². The first-order valence-corrected chi connectivity index (χ1v) is 10.8. The van der Waals surface area contributed by atoms with Gasteiger partial charge in [0.2, 0.25) is 5.91 Å². The molecule has 0 aromatic carbocycles. The van der Waals surface area contributed by atoms with Crippen LogP contribution in [-0.4, -0.2) is 63.6 Å². The molecule has 1 N–H and O–H groups in total. The van der Waals surface area contributed by atoms with Gasteiger partial charge in [-0.05, 0) is 29.4 Å². The van der Waals surface area contributed by atoms with Crippen LogP contribution >= 0.6 is 16.1 Å². The van der Waals surface area contributed by atoms with Gasteiger partial charge < -0.3 is 5.11 Å². The van der Waals surface area contributed by atoms with Crippen LogP contribution in [0.1, 0.15) is 39.5 Å². The summed E-state index contributed by atoms with van der Waals surface area (Å²) < 4.78 is 35.1. The maximum absolute atomic E-state index is 13.1. The number of amides is 2. The predicted octanol–water partition coefficient (Wildman–Crippen LogP) is 1.85. The molecule has 2 amide bonds. The van der Waals surface area contributed by atoms with Crippen LogP contribution in [0.15, 0.2) is 0 Å². The van der Waals surface area contributed by atoms with Gasteiger partial charge in [-0.3, -0.25) is 9.59 Å². The summed E-state index contributed by atoms with van der Waals surface area (Å²) >= 11 is 0. The van der Waals surface area contributed by atoms with E-state index in [0.717, 1.165) is 10.0 Å². The number of rotatable bonds is 7. The van der Waals surface area contributed by atoms with E-state index in [1.54, 1.807) is 13.8 Å². The Kier molecular flexibility index (Phi) is 6.80. The first-order valence-electron chi connectivity index (χ1n) is 8.38. The van der Waals surface area contributed by atoms with Crippen molar-refractivity contribution in [2.45, 2.75) is 50.5 Å². The second-order valence-electron chi connectivity index (χ2n) is 5.82. The molecule has 0 aliphatic carbocycles. The summed E-state index contributed by atoms with van der Waals surface area (Å²) in [6, 6.07) is 0. The zero-order chi connectivity index (χ0) is 19.5. The zero-order valence-electron chi connectivity index (χ0n) is 14.6. The summed E-state index contributed by atoms with van der Waals surface area (Å²) in [5.74, 6) is -2.84. The van der Waals surface area contributed by atoms with Crippen LogP contribution in [-0.2, 0) is 32.6 Å². The number of aliphatic carboxylic acids is 1. The third kappa shape index (κ3) is 3.51. The molecule has 2 heterocycles. The van der Waals surface area contributed by atoms with Gasteiger partial charge in [-0.15, -0.1) is 9.05 Å². The third-order valence-corrected chi connectivity index (χ3v) is 7.50. The highest BCUT2D eigenvalue weighted by atomic mass is 31.1. The average molecular weight is 408 g/mol. The van der Waals surface area contributed by atoms with Gasteiger partial charge in [0.05, 0.1) is 13.2 Å². The van der Waals surface area contributed by atoms with Gasteiger partial charge in [0.1, 0.15) is 0 Å². The lowest BCUT2D eigenvalue weighted by Gasteiger charge is -2.42. The van der Waals surface area contributed by atoms with E-state index in [4.69, 9.17) is 9.05 Å². The quantitative estimate of drug-likeness (QED) is 0.632. The Bertz CT molecular complexity index is 642. The van der Waals surface area contributed by atoms with E-state index in [9.17, 15) is 28.6 Å². The molecule has 0 radical (unpaired) electrons. The lowest BCUT2D eigenvalue weighted by atomic mass is 10.1. The fourth-order valence-corrected chi connectivity index (χ4v) is 5.52. The molecule has 2 unspecified atom stereocenters. The molecule has 2 rings (SSSR count). The van der Waals surface area contributed by atoms with E-state index < -0.39 is 44.8 Å². The van der Waals surface area contributed by atoms with Crippen molar-refractivity contribution in [3.8, 4) is 0 Å². The molecule has 2 saturated heterocycles. The Morgan fingerprint density at radius 3 is 2.50 bits per heavy atom. The first kappa shape index (κ1) is 20.8. The van der Waals surface area contributed by atoms with Crippen molar-refractivity contribution in [2.75, 3.05) is 19.8 Å². The van der Waals surface area contributed by atoms with Crippen LogP contribution in [0, 0.1) is 0 Å². The smallest absolute Gasteiger partial charge is 0.476 e. The minimum absolute atomic E-state index is 0.0170. The molecule has 0 aromatic rings. The highest BCUT2D eigenvalue weighted by molar-refractivity contribution is 7.43. The maximum Gasteiger partial charge on any atom is 0.551 e.